The smallest absolute Gasteiger partial charge is 0.336 e. The maximum atomic E-state index is 12.5. The Bertz CT molecular complexity index is 1630. The summed E-state index contributed by atoms with van der Waals surface area (Å²) < 4.78 is 1.92. The molecule has 7 heteroatoms. The number of benzene rings is 4. The number of aryl methyl sites for hydroxylation is 4. The molecule has 5 aromatic rings. The van der Waals surface area contributed by atoms with Gasteiger partial charge in [0.25, 0.3) is 0 Å². The van der Waals surface area contributed by atoms with E-state index in [2.05, 4.69) is 12.6 Å². The average molecular weight is 533 g/mol. The summed E-state index contributed by atoms with van der Waals surface area (Å²) in [6.07, 6.45) is 0. The van der Waals surface area contributed by atoms with Crippen molar-refractivity contribution in [2.45, 2.75) is 32.6 Å². The third-order valence-electron chi connectivity index (χ3n) is 5.85. The van der Waals surface area contributed by atoms with Gasteiger partial charge in [-0.15, -0.1) is 24.0 Å². The van der Waals surface area contributed by atoms with Gasteiger partial charge < -0.3 is 15.3 Å². The van der Waals surface area contributed by atoms with Crippen LogP contribution in [0.1, 0.15) is 32.6 Å². The van der Waals surface area contributed by atoms with Crippen molar-refractivity contribution in [3.8, 4) is 11.5 Å². The number of carbonyl (C=O) groups is 1. The first kappa shape index (κ1) is 27.8. The summed E-state index contributed by atoms with van der Waals surface area (Å²) in [5.41, 5.74) is 3.62. The Hall–Kier alpha value is -3.81. The molecular formula is C30H28O5S2. The Morgan fingerprint density at radius 2 is 1.35 bits per heavy atom. The van der Waals surface area contributed by atoms with Crippen molar-refractivity contribution in [1.29, 1.82) is 0 Å². The largest absolute Gasteiger partial charge is 0.507 e. The van der Waals surface area contributed by atoms with E-state index in [1.807, 2.05) is 69.3 Å². The maximum Gasteiger partial charge on any atom is 0.336 e. The first-order valence-electron chi connectivity index (χ1n) is 11.4. The SMILES string of the molecule is Cc1cc2sc3ccccc3c(=O)c2c(C)c1O.Cc1cccc(C)c1O.O=C(O)c1ccccc1S. The van der Waals surface area contributed by atoms with Crippen LogP contribution in [-0.4, -0.2) is 21.3 Å². The lowest BCUT2D eigenvalue weighted by atomic mass is 10.0. The first-order chi connectivity index (χ1) is 17.5. The second-order valence-corrected chi connectivity index (χ2v) is 10.1. The molecule has 4 aromatic carbocycles. The molecule has 0 bridgehead atoms. The van der Waals surface area contributed by atoms with E-state index in [0.717, 1.165) is 31.5 Å². The van der Waals surface area contributed by atoms with Crippen LogP contribution >= 0.6 is 24.0 Å². The molecule has 0 aliphatic carbocycles. The molecule has 5 nitrogen and oxygen atoms in total. The number of hydrogen-bond donors (Lipinski definition) is 4. The number of phenols is 2. The molecule has 0 atom stereocenters. The van der Waals surface area contributed by atoms with Crippen molar-refractivity contribution in [2.24, 2.45) is 0 Å². The predicted molar refractivity (Wildman–Crippen MR) is 155 cm³/mol. The molecule has 0 aliphatic rings. The van der Waals surface area contributed by atoms with Gasteiger partial charge in [-0.25, -0.2) is 4.79 Å². The van der Waals surface area contributed by atoms with Gasteiger partial charge >= 0.3 is 5.97 Å². The van der Waals surface area contributed by atoms with Crippen molar-refractivity contribution >= 4 is 50.1 Å². The summed E-state index contributed by atoms with van der Waals surface area (Å²) in [5.74, 6) is -0.301. The van der Waals surface area contributed by atoms with Crippen LogP contribution in [0.3, 0.4) is 0 Å². The molecule has 0 radical (unpaired) electrons. The van der Waals surface area contributed by atoms with Gasteiger partial charge in [0.05, 0.1) is 5.56 Å². The van der Waals surface area contributed by atoms with Gasteiger partial charge in [0.2, 0.25) is 0 Å². The fraction of sp³-hybridized carbons (Fsp3) is 0.133. The molecule has 190 valence electrons. The van der Waals surface area contributed by atoms with E-state index in [4.69, 9.17) is 5.11 Å². The van der Waals surface area contributed by atoms with Gasteiger partial charge in [-0.2, -0.15) is 0 Å². The lowest BCUT2D eigenvalue weighted by molar-refractivity contribution is 0.0693. The van der Waals surface area contributed by atoms with Crippen LogP contribution in [0.25, 0.3) is 20.2 Å². The summed E-state index contributed by atoms with van der Waals surface area (Å²) in [4.78, 5) is 23.3. The van der Waals surface area contributed by atoms with Gasteiger partial charge in [0.15, 0.2) is 5.43 Å². The van der Waals surface area contributed by atoms with E-state index in [1.165, 1.54) is 6.07 Å². The molecular weight excluding hydrogens is 504 g/mol. The standard InChI is InChI=1S/C15H12O2S.C8H10O.C7H6O2S/c1-8-7-12-13(9(2)14(8)16)15(17)10-5-3-4-6-11(10)18-12;1-6-4-3-5-7(2)8(6)9;8-7(9)5-3-1-2-4-6(5)10/h3-7,16H,1-2H3;3-5,9H,1-2H3;1-4,10H,(H,8,9). The number of para-hydroxylation sites is 1. The van der Waals surface area contributed by atoms with Crippen molar-refractivity contribution in [1.82, 2.24) is 0 Å². The zero-order valence-corrected chi connectivity index (χ0v) is 22.7. The third-order valence-corrected chi connectivity index (χ3v) is 7.36. The number of carboxylic acids is 1. The molecule has 5 rings (SSSR count). The van der Waals surface area contributed by atoms with Crippen molar-refractivity contribution in [3.05, 3.63) is 111 Å². The Morgan fingerprint density at radius 1 is 0.757 bits per heavy atom. The summed E-state index contributed by atoms with van der Waals surface area (Å²) in [7, 11) is 0. The molecule has 37 heavy (non-hydrogen) atoms. The van der Waals surface area contributed by atoms with Gasteiger partial charge in [0.1, 0.15) is 11.5 Å². The lowest BCUT2D eigenvalue weighted by Crippen LogP contribution is -2.03. The fourth-order valence-electron chi connectivity index (χ4n) is 3.76. The maximum absolute atomic E-state index is 12.5. The number of rotatable bonds is 1. The van der Waals surface area contributed by atoms with Crippen LogP contribution < -0.4 is 5.43 Å². The van der Waals surface area contributed by atoms with Crippen LogP contribution in [0.4, 0.5) is 0 Å². The van der Waals surface area contributed by atoms with Crippen LogP contribution in [-0.2, 0) is 0 Å². The topological polar surface area (TPSA) is 94.8 Å². The quantitative estimate of drug-likeness (QED) is 0.133. The highest BCUT2D eigenvalue weighted by atomic mass is 32.1. The van der Waals surface area contributed by atoms with Crippen LogP contribution in [0.2, 0.25) is 0 Å². The highest BCUT2D eigenvalue weighted by Crippen LogP contribution is 2.33. The van der Waals surface area contributed by atoms with E-state index in [9.17, 15) is 19.8 Å². The summed E-state index contributed by atoms with van der Waals surface area (Å²) in [6.45, 7) is 7.44. The number of carboxylic acid groups (broad SMARTS) is 1. The highest BCUT2D eigenvalue weighted by Gasteiger charge is 2.12. The second-order valence-electron chi connectivity index (χ2n) is 8.53. The number of aromatic hydroxyl groups is 2. The van der Waals surface area contributed by atoms with Crippen LogP contribution in [0, 0.1) is 27.7 Å². The normalized spacial score (nSPS) is 10.3. The van der Waals surface area contributed by atoms with E-state index >= 15 is 0 Å². The molecule has 1 aromatic heterocycles. The Balaban J connectivity index is 0.000000170. The summed E-state index contributed by atoms with van der Waals surface area (Å²) in [6, 6.07) is 21.8. The summed E-state index contributed by atoms with van der Waals surface area (Å²) >= 11 is 5.55. The lowest BCUT2D eigenvalue weighted by Gasteiger charge is -2.08. The van der Waals surface area contributed by atoms with Crippen molar-refractivity contribution < 1.29 is 20.1 Å². The van der Waals surface area contributed by atoms with E-state index in [0.29, 0.717) is 21.6 Å². The molecule has 0 saturated heterocycles. The van der Waals surface area contributed by atoms with E-state index in [-0.39, 0.29) is 16.7 Å². The first-order valence-corrected chi connectivity index (χ1v) is 12.7. The number of aromatic carboxylic acids is 1. The fourth-order valence-corrected chi connectivity index (χ4v) is 5.25. The van der Waals surface area contributed by atoms with Gasteiger partial charge in [-0.1, -0.05) is 42.5 Å². The molecule has 0 unspecified atom stereocenters. The Labute approximate surface area is 224 Å². The Morgan fingerprint density at radius 3 is 1.92 bits per heavy atom. The summed E-state index contributed by atoms with van der Waals surface area (Å²) in [5, 5.41) is 29.1. The minimum atomic E-state index is -0.939. The monoisotopic (exact) mass is 532 g/mol. The molecule has 0 fully saturated rings. The van der Waals surface area contributed by atoms with Crippen molar-refractivity contribution in [3.63, 3.8) is 0 Å². The molecule has 3 N–H and O–H groups in total. The van der Waals surface area contributed by atoms with Crippen LogP contribution in [0.5, 0.6) is 11.5 Å². The highest BCUT2D eigenvalue weighted by molar-refractivity contribution is 7.80. The van der Waals surface area contributed by atoms with E-state index in [1.54, 1.807) is 36.5 Å². The number of phenolic OH excluding ortho intramolecular Hbond substituents is 2. The molecule has 0 saturated carbocycles. The van der Waals surface area contributed by atoms with Gasteiger partial charge in [-0.05, 0) is 74.7 Å². The molecule has 0 aliphatic heterocycles. The predicted octanol–water partition coefficient (Wildman–Crippen LogP) is 7.42. The van der Waals surface area contributed by atoms with E-state index < -0.39 is 5.97 Å². The molecule has 0 amide bonds. The zero-order chi connectivity index (χ0) is 27.3. The van der Waals surface area contributed by atoms with Crippen LogP contribution in [0.15, 0.2) is 82.5 Å². The van der Waals surface area contributed by atoms with Gasteiger partial charge in [-0.3, -0.25) is 4.79 Å². The minimum absolute atomic E-state index is 0.00662. The average Bonchev–Trinajstić information content (AvgIpc) is 2.87. The number of fused-ring (bicyclic) bond motifs is 2. The second kappa shape index (κ2) is 12.0. The molecule has 0 spiro atoms. The number of hydrogen-bond acceptors (Lipinski definition) is 6. The number of thiol groups is 1. The minimum Gasteiger partial charge on any atom is -0.507 e. The Kier molecular flexibility index (Phi) is 8.97. The van der Waals surface area contributed by atoms with Gasteiger partial charge in [0, 0.05) is 30.6 Å². The third kappa shape index (κ3) is 6.31. The molecule has 1 heterocycles. The van der Waals surface area contributed by atoms with Crippen molar-refractivity contribution in [2.75, 3.05) is 0 Å². The zero-order valence-electron chi connectivity index (χ0n) is 20.9.